The lowest BCUT2D eigenvalue weighted by Gasteiger charge is -2.14. The molecule has 0 amide bonds. The van der Waals surface area contributed by atoms with Crippen LogP contribution >= 0.6 is 11.8 Å². The number of aliphatic hydroxyl groups is 1. The van der Waals surface area contributed by atoms with Gasteiger partial charge in [-0.2, -0.15) is 0 Å². The average Bonchev–Trinajstić information content (AvgIpc) is 2.81. The maximum atomic E-state index is 14.1. The number of benzene rings is 2. The number of rotatable bonds is 0. The number of furan rings is 1. The molecular weight excluding hydrogens is 306 g/mol. The fourth-order valence-electron chi connectivity index (χ4n) is 2.91. The molecule has 1 unspecified atom stereocenters. The largest absolute Gasteiger partial charge is 0.460 e. The Morgan fingerprint density at radius 3 is 2.77 bits per heavy atom. The minimum Gasteiger partial charge on any atom is -0.460 e. The standard InChI is InChI=1S/C17H12F2O2S/c1-8-6-9-2-3-11-15(20)10-4-5-13(18)14(19)12(10)7-22-17(11)16(9)21-8/h2-6,15,20H,7H2,1H3. The van der Waals surface area contributed by atoms with Crippen molar-refractivity contribution in [2.75, 3.05) is 0 Å². The van der Waals surface area contributed by atoms with Crippen molar-refractivity contribution in [3.05, 3.63) is 64.4 Å². The van der Waals surface area contributed by atoms with Gasteiger partial charge >= 0.3 is 0 Å². The van der Waals surface area contributed by atoms with Gasteiger partial charge in [-0.1, -0.05) is 18.2 Å². The van der Waals surface area contributed by atoms with Crippen LogP contribution in [0.25, 0.3) is 11.0 Å². The summed E-state index contributed by atoms with van der Waals surface area (Å²) in [6.45, 7) is 1.86. The highest BCUT2D eigenvalue weighted by molar-refractivity contribution is 7.98. The monoisotopic (exact) mass is 318 g/mol. The fraction of sp³-hybridized carbons (Fsp3) is 0.176. The molecule has 1 aliphatic heterocycles. The van der Waals surface area contributed by atoms with Crippen LogP contribution < -0.4 is 0 Å². The van der Waals surface area contributed by atoms with Crippen LogP contribution in [0.15, 0.2) is 39.6 Å². The van der Waals surface area contributed by atoms with E-state index in [-0.39, 0.29) is 11.3 Å². The number of fused-ring (bicyclic) bond motifs is 4. The van der Waals surface area contributed by atoms with Crippen LogP contribution in [0.4, 0.5) is 8.78 Å². The van der Waals surface area contributed by atoms with Crippen LogP contribution in [0.1, 0.15) is 28.6 Å². The molecule has 0 bridgehead atoms. The van der Waals surface area contributed by atoms with Gasteiger partial charge in [-0.25, -0.2) is 8.78 Å². The predicted octanol–water partition coefficient (Wildman–Crippen LogP) is 4.71. The van der Waals surface area contributed by atoms with E-state index in [0.29, 0.717) is 16.7 Å². The molecule has 0 spiro atoms. The van der Waals surface area contributed by atoms with Gasteiger partial charge < -0.3 is 9.52 Å². The molecule has 22 heavy (non-hydrogen) atoms. The Hall–Kier alpha value is -1.85. The van der Waals surface area contributed by atoms with E-state index in [2.05, 4.69) is 0 Å². The zero-order valence-corrected chi connectivity index (χ0v) is 12.5. The molecule has 112 valence electrons. The molecule has 4 rings (SSSR count). The second-order valence-electron chi connectivity index (χ2n) is 5.38. The Kier molecular flexibility index (Phi) is 3.03. The van der Waals surface area contributed by atoms with E-state index in [1.165, 1.54) is 17.8 Å². The van der Waals surface area contributed by atoms with Crippen molar-refractivity contribution in [2.45, 2.75) is 23.7 Å². The van der Waals surface area contributed by atoms with E-state index in [1.807, 2.05) is 25.1 Å². The number of thioether (sulfide) groups is 1. The number of hydrogen-bond donors (Lipinski definition) is 1. The van der Waals surface area contributed by atoms with Gasteiger partial charge in [0.2, 0.25) is 0 Å². The predicted molar refractivity (Wildman–Crippen MR) is 80.9 cm³/mol. The molecule has 0 aliphatic carbocycles. The third kappa shape index (κ3) is 1.89. The highest BCUT2D eigenvalue weighted by Gasteiger charge is 2.27. The summed E-state index contributed by atoms with van der Waals surface area (Å²) in [4.78, 5) is 0.786. The lowest BCUT2D eigenvalue weighted by Crippen LogP contribution is -2.05. The second kappa shape index (κ2) is 4.83. The molecule has 1 N–H and O–H groups in total. The lowest BCUT2D eigenvalue weighted by molar-refractivity contribution is 0.216. The van der Waals surface area contributed by atoms with Crippen LogP contribution in [0.3, 0.4) is 0 Å². The molecule has 3 aromatic rings. The fourth-order valence-corrected chi connectivity index (χ4v) is 4.13. The summed E-state index contributed by atoms with van der Waals surface area (Å²) in [5.41, 5.74) is 1.97. The smallest absolute Gasteiger partial charge is 0.163 e. The van der Waals surface area contributed by atoms with Gasteiger partial charge in [-0.3, -0.25) is 0 Å². The van der Waals surface area contributed by atoms with Crippen molar-refractivity contribution in [2.24, 2.45) is 0 Å². The zero-order valence-electron chi connectivity index (χ0n) is 11.7. The third-order valence-corrected chi connectivity index (χ3v) is 5.12. The van der Waals surface area contributed by atoms with Gasteiger partial charge in [0, 0.05) is 22.3 Å². The maximum absolute atomic E-state index is 14.1. The second-order valence-corrected chi connectivity index (χ2v) is 6.37. The highest BCUT2D eigenvalue weighted by Crippen LogP contribution is 2.44. The summed E-state index contributed by atoms with van der Waals surface area (Å²) >= 11 is 1.36. The number of aryl methyl sites for hydroxylation is 1. The minimum absolute atomic E-state index is 0.213. The van der Waals surface area contributed by atoms with Crippen LogP contribution in [-0.4, -0.2) is 5.11 Å². The minimum atomic E-state index is -0.995. The molecule has 0 saturated heterocycles. The Morgan fingerprint density at radius 1 is 1.18 bits per heavy atom. The van der Waals surface area contributed by atoms with Crippen molar-refractivity contribution in [1.82, 2.24) is 0 Å². The third-order valence-electron chi connectivity index (χ3n) is 3.98. The van der Waals surface area contributed by atoms with E-state index in [4.69, 9.17) is 4.42 Å². The van der Waals surface area contributed by atoms with Crippen LogP contribution in [0.2, 0.25) is 0 Å². The Balaban J connectivity index is 1.97. The number of halogens is 2. The molecule has 0 fully saturated rings. The summed E-state index contributed by atoms with van der Waals surface area (Å²) in [6, 6.07) is 8.12. The first-order chi connectivity index (χ1) is 10.6. The molecule has 2 aromatic carbocycles. The first-order valence-corrected chi connectivity index (χ1v) is 7.85. The van der Waals surface area contributed by atoms with Gasteiger partial charge in [-0.05, 0) is 24.6 Å². The van der Waals surface area contributed by atoms with Crippen LogP contribution in [0, 0.1) is 18.6 Å². The average molecular weight is 318 g/mol. The van der Waals surface area contributed by atoms with Gasteiger partial charge in [0.15, 0.2) is 11.6 Å². The molecule has 0 radical (unpaired) electrons. The molecule has 5 heteroatoms. The topological polar surface area (TPSA) is 33.4 Å². The van der Waals surface area contributed by atoms with E-state index in [9.17, 15) is 13.9 Å². The maximum Gasteiger partial charge on any atom is 0.163 e. The number of aliphatic hydroxyl groups excluding tert-OH is 1. The van der Waals surface area contributed by atoms with E-state index >= 15 is 0 Å². The molecular formula is C17H12F2O2S. The lowest BCUT2D eigenvalue weighted by atomic mass is 9.96. The zero-order chi connectivity index (χ0) is 15.4. The van der Waals surface area contributed by atoms with Crippen molar-refractivity contribution in [3.8, 4) is 0 Å². The van der Waals surface area contributed by atoms with Crippen molar-refractivity contribution in [1.29, 1.82) is 0 Å². The first-order valence-electron chi connectivity index (χ1n) is 6.87. The SMILES string of the molecule is Cc1cc2ccc3c(c2o1)SCc1c(ccc(F)c1F)C3O. The molecule has 0 saturated carbocycles. The van der Waals surface area contributed by atoms with E-state index in [1.54, 1.807) is 0 Å². The summed E-state index contributed by atoms with van der Waals surface area (Å²) in [7, 11) is 0. The van der Waals surface area contributed by atoms with E-state index < -0.39 is 17.7 Å². The summed E-state index contributed by atoms with van der Waals surface area (Å²) in [6.07, 6.45) is -0.995. The van der Waals surface area contributed by atoms with Crippen LogP contribution in [0.5, 0.6) is 0 Å². The van der Waals surface area contributed by atoms with Gasteiger partial charge in [0.25, 0.3) is 0 Å². The van der Waals surface area contributed by atoms with Gasteiger partial charge in [0.1, 0.15) is 17.4 Å². The summed E-state index contributed by atoms with van der Waals surface area (Å²) in [5, 5.41) is 11.6. The number of hydrogen-bond acceptors (Lipinski definition) is 3. The van der Waals surface area contributed by atoms with Crippen molar-refractivity contribution < 1.29 is 18.3 Å². The normalized spacial score (nSPS) is 17.2. The molecule has 1 atom stereocenters. The molecule has 1 aliphatic rings. The Morgan fingerprint density at radius 2 is 1.95 bits per heavy atom. The van der Waals surface area contributed by atoms with Crippen molar-refractivity contribution in [3.63, 3.8) is 0 Å². The van der Waals surface area contributed by atoms with Crippen molar-refractivity contribution >= 4 is 22.7 Å². The Bertz CT molecular complexity index is 901. The van der Waals surface area contributed by atoms with Gasteiger partial charge in [-0.15, -0.1) is 11.8 Å². The van der Waals surface area contributed by atoms with E-state index in [0.717, 1.165) is 22.1 Å². The molecule has 2 nitrogen and oxygen atoms in total. The highest BCUT2D eigenvalue weighted by atomic mass is 32.2. The first kappa shape index (κ1) is 13.8. The Labute approximate surface area is 129 Å². The molecule has 1 aromatic heterocycles. The van der Waals surface area contributed by atoms with Gasteiger partial charge in [0.05, 0.1) is 4.90 Å². The summed E-state index contributed by atoms with van der Waals surface area (Å²) in [5.74, 6) is -0.750. The molecule has 2 heterocycles. The van der Waals surface area contributed by atoms with Crippen LogP contribution in [-0.2, 0) is 5.75 Å². The quantitative estimate of drug-likeness (QED) is 0.652. The summed E-state index contributed by atoms with van der Waals surface area (Å²) < 4.78 is 33.2.